The first-order chi connectivity index (χ1) is 18.3. The van der Waals surface area contributed by atoms with Gasteiger partial charge in [0.25, 0.3) is 17.5 Å². The van der Waals surface area contributed by atoms with Gasteiger partial charge >= 0.3 is 6.03 Å². The maximum Gasteiger partial charge on any atom is 0.335 e. The van der Waals surface area contributed by atoms with Crippen molar-refractivity contribution in [1.82, 2.24) is 5.32 Å². The Kier molecular flexibility index (Phi) is 6.36. The number of non-ortho nitro benzene ring substituents is 1. The Bertz CT molecular complexity index is 1630. The van der Waals surface area contributed by atoms with Crippen LogP contribution in [0.3, 0.4) is 0 Å². The lowest BCUT2D eigenvalue weighted by Crippen LogP contribution is -2.54. The zero-order valence-electron chi connectivity index (χ0n) is 19.6. The lowest BCUT2D eigenvalue weighted by Gasteiger charge is -2.26. The minimum atomic E-state index is -0.975. The second kappa shape index (κ2) is 9.94. The third kappa shape index (κ3) is 4.70. The summed E-state index contributed by atoms with van der Waals surface area (Å²) in [4.78, 5) is 49.8. The number of rotatable bonds is 6. The Morgan fingerprint density at radius 2 is 1.63 bits per heavy atom. The van der Waals surface area contributed by atoms with Crippen LogP contribution in [0.2, 0.25) is 0 Å². The Labute approximate surface area is 214 Å². The van der Waals surface area contributed by atoms with Gasteiger partial charge in [0.2, 0.25) is 0 Å². The number of anilines is 1. The summed E-state index contributed by atoms with van der Waals surface area (Å²) in [5.41, 5.74) is 0.651. The minimum Gasteiger partial charge on any atom is -0.488 e. The van der Waals surface area contributed by atoms with Crippen LogP contribution >= 0.6 is 0 Å². The molecule has 9 nitrogen and oxygen atoms in total. The highest BCUT2D eigenvalue weighted by molar-refractivity contribution is 6.39. The van der Waals surface area contributed by atoms with Crippen molar-refractivity contribution in [2.45, 2.75) is 6.61 Å². The number of nitro groups is 1. The first kappa shape index (κ1) is 24.3. The topological polar surface area (TPSA) is 119 Å². The van der Waals surface area contributed by atoms with E-state index in [9.17, 15) is 28.9 Å². The number of nitro benzene ring substituents is 1. The lowest BCUT2D eigenvalue weighted by atomic mass is 9.99. The molecule has 0 radical (unpaired) electrons. The average Bonchev–Trinajstić information content (AvgIpc) is 2.91. The average molecular weight is 511 g/mol. The van der Waals surface area contributed by atoms with E-state index >= 15 is 0 Å². The van der Waals surface area contributed by atoms with Crippen LogP contribution in [-0.4, -0.2) is 22.8 Å². The van der Waals surface area contributed by atoms with Crippen molar-refractivity contribution in [3.63, 3.8) is 0 Å². The van der Waals surface area contributed by atoms with E-state index in [0.29, 0.717) is 22.3 Å². The van der Waals surface area contributed by atoms with Crippen LogP contribution in [0.5, 0.6) is 5.75 Å². The van der Waals surface area contributed by atoms with Crippen molar-refractivity contribution in [3.05, 3.63) is 118 Å². The van der Waals surface area contributed by atoms with Crippen LogP contribution in [0.25, 0.3) is 16.8 Å². The second-order valence-electron chi connectivity index (χ2n) is 8.35. The number of imide groups is 2. The number of nitrogens with one attached hydrogen (secondary N) is 1. The molecule has 10 heteroatoms. The summed E-state index contributed by atoms with van der Waals surface area (Å²) in [6.07, 6.45) is 1.35. The highest BCUT2D eigenvalue weighted by Gasteiger charge is 2.37. The van der Waals surface area contributed by atoms with Gasteiger partial charge in [-0.25, -0.2) is 14.1 Å². The van der Waals surface area contributed by atoms with E-state index in [1.165, 1.54) is 30.3 Å². The predicted octanol–water partition coefficient (Wildman–Crippen LogP) is 5.13. The number of ether oxygens (including phenoxy) is 1. The molecule has 4 aromatic rings. The number of barbiturate groups is 1. The van der Waals surface area contributed by atoms with E-state index in [2.05, 4.69) is 5.32 Å². The number of hydrogen-bond donors (Lipinski definition) is 1. The van der Waals surface area contributed by atoms with Gasteiger partial charge in [0.05, 0.1) is 10.6 Å². The molecule has 0 aromatic heterocycles. The van der Waals surface area contributed by atoms with Gasteiger partial charge in [-0.1, -0.05) is 42.5 Å². The standard InChI is InChI=1S/C28H18FN3O6/c29-19-8-5-17(6-9-19)16-38-25-14-7-18-3-1-2-4-22(18)23(25)15-24-26(33)30-28(35)31(27(24)34)20-10-12-21(13-11-20)32(36)37/h1-15H,16H2,(H,30,33,35)/b24-15+. The first-order valence-electron chi connectivity index (χ1n) is 11.4. The highest BCUT2D eigenvalue weighted by Crippen LogP contribution is 2.32. The summed E-state index contributed by atoms with van der Waals surface area (Å²) in [7, 11) is 0. The third-order valence-corrected chi connectivity index (χ3v) is 5.95. The molecule has 0 bridgehead atoms. The Morgan fingerprint density at radius 1 is 0.921 bits per heavy atom. The van der Waals surface area contributed by atoms with Crippen LogP contribution in [-0.2, 0) is 16.2 Å². The van der Waals surface area contributed by atoms with Crippen molar-refractivity contribution in [2.24, 2.45) is 0 Å². The van der Waals surface area contributed by atoms with Crippen molar-refractivity contribution >= 4 is 46.1 Å². The number of hydrogen-bond acceptors (Lipinski definition) is 6. The van der Waals surface area contributed by atoms with E-state index in [0.717, 1.165) is 22.4 Å². The third-order valence-electron chi connectivity index (χ3n) is 5.95. The number of carbonyl (C=O) groups is 3. The van der Waals surface area contributed by atoms with E-state index in [4.69, 9.17) is 4.74 Å². The van der Waals surface area contributed by atoms with Gasteiger partial charge in [-0.05, 0) is 52.7 Å². The summed E-state index contributed by atoms with van der Waals surface area (Å²) < 4.78 is 19.3. The zero-order valence-corrected chi connectivity index (χ0v) is 19.6. The summed E-state index contributed by atoms with van der Waals surface area (Å²) >= 11 is 0. The molecule has 0 atom stereocenters. The Hall–Kier alpha value is -5.38. The molecule has 38 heavy (non-hydrogen) atoms. The zero-order chi connectivity index (χ0) is 26.8. The summed E-state index contributed by atoms with van der Waals surface area (Å²) in [6, 6.07) is 20.4. The summed E-state index contributed by atoms with van der Waals surface area (Å²) in [5.74, 6) is -1.81. The van der Waals surface area contributed by atoms with Gasteiger partial charge in [-0.2, -0.15) is 0 Å². The molecule has 188 valence electrons. The number of benzene rings is 4. The van der Waals surface area contributed by atoms with E-state index < -0.39 is 22.8 Å². The van der Waals surface area contributed by atoms with E-state index in [-0.39, 0.29) is 29.4 Å². The number of nitrogens with zero attached hydrogens (tertiary/aromatic N) is 2. The quantitative estimate of drug-likeness (QED) is 0.166. The van der Waals surface area contributed by atoms with E-state index in [1.807, 2.05) is 18.2 Å². The van der Waals surface area contributed by atoms with Crippen LogP contribution in [0.15, 0.2) is 90.5 Å². The SMILES string of the molecule is O=C1NC(=O)N(c2ccc([N+](=O)[O-])cc2)C(=O)/C1=C/c1c(OCc2ccc(F)cc2)ccc2ccccc12. The van der Waals surface area contributed by atoms with Crippen LogP contribution < -0.4 is 15.0 Å². The maximum absolute atomic E-state index is 13.4. The minimum absolute atomic E-state index is 0.0576. The van der Waals surface area contributed by atoms with Crippen molar-refractivity contribution < 1.29 is 28.4 Å². The number of carbonyl (C=O) groups excluding carboxylic acids is 3. The van der Waals surface area contributed by atoms with Crippen LogP contribution in [0, 0.1) is 15.9 Å². The monoisotopic (exact) mass is 511 g/mol. The Balaban J connectivity index is 1.55. The van der Waals surface area contributed by atoms with Crippen molar-refractivity contribution in [1.29, 1.82) is 0 Å². The van der Waals surface area contributed by atoms with E-state index in [1.54, 1.807) is 30.3 Å². The maximum atomic E-state index is 13.4. The molecule has 4 amide bonds. The van der Waals surface area contributed by atoms with Gasteiger partial charge in [0.1, 0.15) is 23.7 Å². The van der Waals surface area contributed by atoms with Gasteiger partial charge in [0.15, 0.2) is 0 Å². The molecular weight excluding hydrogens is 493 g/mol. The van der Waals surface area contributed by atoms with Crippen LogP contribution in [0.1, 0.15) is 11.1 Å². The summed E-state index contributed by atoms with van der Waals surface area (Å²) in [5, 5.41) is 14.6. The smallest absolute Gasteiger partial charge is 0.335 e. The molecule has 1 aliphatic rings. The molecule has 1 fully saturated rings. The molecule has 1 N–H and O–H groups in total. The predicted molar refractivity (Wildman–Crippen MR) is 137 cm³/mol. The molecule has 1 aliphatic heterocycles. The van der Waals surface area contributed by atoms with Gasteiger partial charge in [0, 0.05) is 17.7 Å². The molecule has 1 heterocycles. The van der Waals surface area contributed by atoms with Crippen molar-refractivity contribution in [3.8, 4) is 5.75 Å². The fraction of sp³-hybridized carbons (Fsp3) is 0.0357. The van der Waals surface area contributed by atoms with Gasteiger partial charge in [-0.15, -0.1) is 0 Å². The summed E-state index contributed by atoms with van der Waals surface area (Å²) in [6.45, 7) is 0.0995. The molecule has 0 aliphatic carbocycles. The molecule has 1 saturated heterocycles. The molecule has 0 spiro atoms. The molecule has 4 aromatic carbocycles. The number of fused-ring (bicyclic) bond motifs is 1. The highest BCUT2D eigenvalue weighted by atomic mass is 19.1. The fourth-order valence-corrected chi connectivity index (χ4v) is 4.05. The largest absolute Gasteiger partial charge is 0.488 e. The van der Waals surface area contributed by atoms with Gasteiger partial charge < -0.3 is 4.74 Å². The lowest BCUT2D eigenvalue weighted by molar-refractivity contribution is -0.384. The molecular formula is C28H18FN3O6. The Morgan fingerprint density at radius 3 is 2.34 bits per heavy atom. The fourth-order valence-electron chi connectivity index (χ4n) is 4.05. The van der Waals surface area contributed by atoms with Crippen LogP contribution in [0.4, 0.5) is 20.6 Å². The van der Waals surface area contributed by atoms with Crippen molar-refractivity contribution in [2.75, 3.05) is 4.90 Å². The van der Waals surface area contributed by atoms with Gasteiger partial charge in [-0.3, -0.25) is 25.0 Å². The number of halogens is 1. The number of urea groups is 1. The normalized spacial score (nSPS) is 14.6. The molecule has 5 rings (SSSR count). The first-order valence-corrected chi connectivity index (χ1v) is 11.4. The second-order valence-corrected chi connectivity index (χ2v) is 8.35. The molecule has 0 saturated carbocycles. The number of amides is 4. The molecule has 0 unspecified atom stereocenters.